The van der Waals surface area contributed by atoms with Crippen LogP contribution in [0, 0.1) is 0 Å². The predicted octanol–water partition coefficient (Wildman–Crippen LogP) is 1.97. The quantitative estimate of drug-likeness (QED) is 0.743. The second kappa shape index (κ2) is 7.69. The summed E-state index contributed by atoms with van der Waals surface area (Å²) >= 11 is 1.12. The van der Waals surface area contributed by atoms with Gasteiger partial charge < -0.3 is 19.1 Å². The van der Waals surface area contributed by atoms with Gasteiger partial charge in [0.2, 0.25) is 0 Å². The van der Waals surface area contributed by atoms with Gasteiger partial charge >= 0.3 is 5.97 Å². The average molecular weight is 323 g/mol. The number of thioether (sulfide) groups is 1. The topological polar surface area (TPSA) is 86.5 Å². The van der Waals surface area contributed by atoms with Crippen LogP contribution in [0.4, 0.5) is 0 Å². The van der Waals surface area contributed by atoms with E-state index in [4.69, 9.17) is 14.6 Å². The Kier molecular flexibility index (Phi) is 5.65. The van der Waals surface area contributed by atoms with Gasteiger partial charge in [-0.05, 0) is 19.1 Å². The summed E-state index contributed by atoms with van der Waals surface area (Å²) in [6.45, 7) is 2.69. The van der Waals surface area contributed by atoms with Gasteiger partial charge in [-0.1, -0.05) is 23.9 Å². The fourth-order valence-electron chi connectivity index (χ4n) is 1.71. The number of benzene rings is 1. The molecule has 0 saturated heterocycles. The maximum absolute atomic E-state index is 10.6. The molecule has 22 heavy (non-hydrogen) atoms. The number of rotatable bonds is 8. The Morgan fingerprint density at radius 3 is 2.59 bits per heavy atom. The Hall–Kier alpha value is -2.22. The molecule has 2 aromatic rings. The lowest BCUT2D eigenvalue weighted by molar-refractivity contribution is -0.133. The summed E-state index contributed by atoms with van der Waals surface area (Å²) in [5.74, 6) is 0.968. The number of nitrogens with zero attached hydrogens (tertiary/aromatic N) is 3. The van der Waals surface area contributed by atoms with Gasteiger partial charge in [0, 0.05) is 7.05 Å². The number of aromatic nitrogens is 3. The summed E-state index contributed by atoms with van der Waals surface area (Å²) in [5.41, 5.74) is 0. The molecule has 7 nitrogen and oxygen atoms in total. The van der Waals surface area contributed by atoms with Crippen molar-refractivity contribution in [2.45, 2.75) is 18.7 Å². The average Bonchev–Trinajstić information content (AvgIpc) is 2.85. The van der Waals surface area contributed by atoms with Crippen molar-refractivity contribution in [3.05, 3.63) is 30.1 Å². The summed E-state index contributed by atoms with van der Waals surface area (Å²) < 4.78 is 12.9. The highest BCUT2D eigenvalue weighted by atomic mass is 32.2. The molecule has 0 bridgehead atoms. The van der Waals surface area contributed by atoms with Crippen LogP contribution in [0.5, 0.6) is 11.5 Å². The summed E-state index contributed by atoms with van der Waals surface area (Å²) in [7, 11) is 1.78. The fourth-order valence-corrected chi connectivity index (χ4v) is 2.36. The van der Waals surface area contributed by atoms with E-state index in [0.717, 1.165) is 11.8 Å². The van der Waals surface area contributed by atoms with Crippen molar-refractivity contribution in [1.82, 2.24) is 14.8 Å². The molecule has 0 unspecified atom stereocenters. The first-order valence-corrected chi connectivity index (χ1v) is 7.67. The molecule has 0 aliphatic heterocycles. The van der Waals surface area contributed by atoms with E-state index in [1.165, 1.54) is 0 Å². The lowest BCUT2D eigenvalue weighted by atomic mass is 10.3. The van der Waals surface area contributed by atoms with Gasteiger partial charge in [0.25, 0.3) is 0 Å². The number of ether oxygens (including phenoxy) is 2. The summed E-state index contributed by atoms with van der Waals surface area (Å²) in [4.78, 5) is 10.6. The number of aliphatic carboxylic acids is 1. The minimum absolute atomic E-state index is 0.0556. The van der Waals surface area contributed by atoms with Crippen molar-refractivity contribution in [3.8, 4) is 11.5 Å². The molecule has 118 valence electrons. The lowest BCUT2D eigenvalue weighted by Crippen LogP contribution is -2.06. The van der Waals surface area contributed by atoms with Crippen LogP contribution in [-0.4, -0.2) is 38.2 Å². The van der Waals surface area contributed by atoms with Crippen molar-refractivity contribution >= 4 is 17.7 Å². The second-order valence-corrected chi connectivity index (χ2v) is 5.25. The highest BCUT2D eigenvalue weighted by Gasteiger charge is 2.12. The van der Waals surface area contributed by atoms with Crippen LogP contribution in [0.2, 0.25) is 0 Å². The van der Waals surface area contributed by atoms with Gasteiger partial charge in [0.1, 0.15) is 6.61 Å². The van der Waals surface area contributed by atoms with Crippen molar-refractivity contribution in [2.24, 2.45) is 7.05 Å². The number of carbonyl (C=O) groups is 1. The summed E-state index contributed by atoms with van der Waals surface area (Å²) in [6.07, 6.45) is 0. The number of hydrogen-bond acceptors (Lipinski definition) is 6. The highest BCUT2D eigenvalue weighted by molar-refractivity contribution is 7.99. The number of carboxylic acid groups (broad SMARTS) is 1. The SMILES string of the molecule is CCOc1ccccc1OCc1nnc(SCC(=O)O)n1C. The second-order valence-electron chi connectivity index (χ2n) is 4.31. The van der Waals surface area contributed by atoms with E-state index in [2.05, 4.69) is 10.2 Å². The van der Waals surface area contributed by atoms with Gasteiger partial charge in [-0.15, -0.1) is 10.2 Å². The smallest absolute Gasteiger partial charge is 0.313 e. The molecule has 0 aliphatic rings. The Bertz CT molecular complexity index is 645. The zero-order chi connectivity index (χ0) is 15.9. The van der Waals surface area contributed by atoms with Gasteiger partial charge in [0.05, 0.1) is 12.4 Å². The minimum atomic E-state index is -0.892. The molecule has 0 fully saturated rings. The Labute approximate surface area is 132 Å². The first kappa shape index (κ1) is 16.2. The van der Waals surface area contributed by atoms with E-state index < -0.39 is 5.97 Å². The van der Waals surface area contributed by atoms with Crippen LogP contribution in [0.3, 0.4) is 0 Å². The zero-order valence-corrected chi connectivity index (χ0v) is 13.2. The van der Waals surface area contributed by atoms with Crippen LogP contribution in [0.1, 0.15) is 12.7 Å². The molecule has 1 heterocycles. The summed E-state index contributed by atoms with van der Waals surface area (Å²) in [5, 5.41) is 17.2. The molecule has 0 spiro atoms. The Morgan fingerprint density at radius 1 is 1.27 bits per heavy atom. The molecule has 1 aromatic carbocycles. The molecule has 0 atom stereocenters. The van der Waals surface area contributed by atoms with Gasteiger partial charge in [-0.2, -0.15) is 0 Å². The van der Waals surface area contributed by atoms with Crippen LogP contribution >= 0.6 is 11.8 Å². The molecule has 0 aliphatic carbocycles. The number of hydrogen-bond donors (Lipinski definition) is 1. The van der Waals surface area contributed by atoms with Crippen LogP contribution in [0.25, 0.3) is 0 Å². The van der Waals surface area contributed by atoms with Crippen LogP contribution < -0.4 is 9.47 Å². The molecule has 2 rings (SSSR count). The van der Waals surface area contributed by atoms with Crippen molar-refractivity contribution in [1.29, 1.82) is 0 Å². The van der Waals surface area contributed by atoms with Gasteiger partial charge in [0.15, 0.2) is 22.5 Å². The van der Waals surface area contributed by atoms with E-state index in [-0.39, 0.29) is 12.4 Å². The van der Waals surface area contributed by atoms with Crippen LogP contribution in [-0.2, 0) is 18.4 Å². The maximum Gasteiger partial charge on any atom is 0.313 e. The van der Waals surface area contributed by atoms with Gasteiger partial charge in [-0.25, -0.2) is 0 Å². The van der Waals surface area contributed by atoms with Crippen molar-refractivity contribution in [3.63, 3.8) is 0 Å². The molecular formula is C14H17N3O4S. The van der Waals surface area contributed by atoms with E-state index >= 15 is 0 Å². The molecule has 1 N–H and O–H groups in total. The molecular weight excluding hydrogens is 306 g/mol. The number of carboxylic acids is 1. The molecule has 1 aromatic heterocycles. The third-order valence-corrected chi connectivity index (χ3v) is 3.76. The lowest BCUT2D eigenvalue weighted by Gasteiger charge is -2.11. The van der Waals surface area contributed by atoms with Crippen molar-refractivity contribution < 1.29 is 19.4 Å². The van der Waals surface area contributed by atoms with Gasteiger partial charge in [-0.3, -0.25) is 4.79 Å². The van der Waals surface area contributed by atoms with E-state index in [1.54, 1.807) is 11.6 Å². The normalized spacial score (nSPS) is 10.5. The van der Waals surface area contributed by atoms with Crippen molar-refractivity contribution in [2.75, 3.05) is 12.4 Å². The first-order valence-electron chi connectivity index (χ1n) is 6.69. The monoisotopic (exact) mass is 323 g/mol. The fraction of sp³-hybridized carbons (Fsp3) is 0.357. The third-order valence-electron chi connectivity index (χ3n) is 2.76. The van der Waals surface area contributed by atoms with E-state index in [9.17, 15) is 4.79 Å². The maximum atomic E-state index is 10.6. The first-order chi connectivity index (χ1) is 10.6. The Morgan fingerprint density at radius 2 is 1.95 bits per heavy atom. The third kappa shape index (κ3) is 4.14. The molecule has 0 amide bonds. The minimum Gasteiger partial charge on any atom is -0.490 e. The Balaban J connectivity index is 2.01. The number of para-hydroxylation sites is 2. The molecule has 0 radical (unpaired) electrons. The molecule has 8 heteroatoms. The van der Waals surface area contributed by atoms with E-state index in [1.807, 2.05) is 31.2 Å². The standard InChI is InChI=1S/C14H17N3O4S/c1-3-20-10-6-4-5-7-11(10)21-8-12-15-16-14(17(12)2)22-9-13(18)19/h4-7H,3,8-9H2,1-2H3,(H,18,19). The van der Waals surface area contributed by atoms with Crippen LogP contribution in [0.15, 0.2) is 29.4 Å². The highest BCUT2D eigenvalue weighted by Crippen LogP contribution is 2.27. The summed E-state index contributed by atoms with van der Waals surface area (Å²) in [6, 6.07) is 7.40. The van der Waals surface area contributed by atoms with E-state index in [0.29, 0.717) is 29.1 Å². The zero-order valence-electron chi connectivity index (χ0n) is 12.4. The largest absolute Gasteiger partial charge is 0.490 e. The predicted molar refractivity (Wildman–Crippen MR) is 81.3 cm³/mol. The molecule has 0 saturated carbocycles.